The fraction of sp³-hybridized carbons (Fsp3) is 0.471. The number of amidine groups is 1. The van der Waals surface area contributed by atoms with Crippen LogP contribution in [0.5, 0.6) is 5.75 Å². The Labute approximate surface area is 147 Å². The van der Waals surface area contributed by atoms with Crippen molar-refractivity contribution in [3.05, 3.63) is 30.2 Å². The second-order valence-electron chi connectivity index (χ2n) is 6.13. The molecule has 0 atom stereocenters. The predicted molar refractivity (Wildman–Crippen MR) is 98.1 cm³/mol. The lowest BCUT2D eigenvalue weighted by Gasteiger charge is -2.23. The Bertz CT molecular complexity index is 728. The molecule has 8 nitrogen and oxygen atoms in total. The largest absolute Gasteiger partial charge is 0.494 e. The number of hydrazone groups is 1. The second-order valence-corrected chi connectivity index (χ2v) is 6.13. The molecular weight excluding hydrogens is 318 g/mol. The van der Waals surface area contributed by atoms with Gasteiger partial charge in [-0.05, 0) is 44.5 Å². The van der Waals surface area contributed by atoms with Gasteiger partial charge < -0.3 is 21.3 Å². The number of aromatic nitrogens is 2. The lowest BCUT2D eigenvalue weighted by molar-refractivity contribution is 0.313. The lowest BCUT2D eigenvalue weighted by atomic mass is 9.92. The second kappa shape index (κ2) is 8.59. The topological polar surface area (TPSA) is 123 Å². The molecule has 0 spiro atoms. The summed E-state index contributed by atoms with van der Waals surface area (Å²) in [5.74, 6) is 12.3. The first-order valence-electron chi connectivity index (χ1n) is 8.63. The maximum Gasteiger partial charge on any atom is 0.136 e. The number of benzene rings is 1. The van der Waals surface area contributed by atoms with Crippen molar-refractivity contribution in [3.63, 3.8) is 0 Å². The van der Waals surface area contributed by atoms with E-state index in [4.69, 9.17) is 16.4 Å². The SMILES string of the molecule is N/N=C(/CCCOc1ccc2c(C3CCNCC3)ncnc2c1)NN. The van der Waals surface area contributed by atoms with Crippen LogP contribution < -0.4 is 27.2 Å². The Morgan fingerprint density at radius 3 is 2.92 bits per heavy atom. The molecule has 2 aromatic rings. The minimum Gasteiger partial charge on any atom is -0.494 e. The number of hydrogen-bond donors (Lipinski definition) is 4. The third kappa shape index (κ3) is 4.34. The zero-order valence-corrected chi connectivity index (χ0v) is 14.2. The average molecular weight is 343 g/mol. The molecule has 25 heavy (non-hydrogen) atoms. The number of nitrogens with zero attached hydrogens (tertiary/aromatic N) is 3. The van der Waals surface area contributed by atoms with Crippen LogP contribution in [0.3, 0.4) is 0 Å². The van der Waals surface area contributed by atoms with Gasteiger partial charge >= 0.3 is 0 Å². The van der Waals surface area contributed by atoms with Gasteiger partial charge in [0.05, 0.1) is 17.8 Å². The number of ether oxygens (including phenoxy) is 1. The summed E-state index contributed by atoms with van der Waals surface area (Å²) in [6.45, 7) is 2.64. The molecule has 6 N–H and O–H groups in total. The normalized spacial score (nSPS) is 16.1. The molecule has 0 bridgehead atoms. The van der Waals surface area contributed by atoms with Crippen LogP contribution in [0, 0.1) is 0 Å². The van der Waals surface area contributed by atoms with E-state index in [9.17, 15) is 0 Å². The fourth-order valence-corrected chi connectivity index (χ4v) is 3.17. The van der Waals surface area contributed by atoms with Crippen LogP contribution in [0.1, 0.15) is 37.3 Å². The summed E-state index contributed by atoms with van der Waals surface area (Å²) in [5.41, 5.74) is 4.53. The molecule has 2 heterocycles. The molecule has 1 aromatic carbocycles. The van der Waals surface area contributed by atoms with E-state index in [-0.39, 0.29) is 0 Å². The minimum absolute atomic E-state index is 0.497. The van der Waals surface area contributed by atoms with E-state index in [1.165, 1.54) is 0 Å². The van der Waals surface area contributed by atoms with Crippen LogP contribution in [-0.4, -0.2) is 35.5 Å². The molecule has 0 unspecified atom stereocenters. The number of nitrogens with one attached hydrogen (secondary N) is 2. The van der Waals surface area contributed by atoms with Crippen LogP contribution in [0.25, 0.3) is 10.9 Å². The van der Waals surface area contributed by atoms with Crippen LogP contribution in [-0.2, 0) is 0 Å². The highest BCUT2D eigenvalue weighted by molar-refractivity contribution is 5.82. The Balaban J connectivity index is 1.66. The van der Waals surface area contributed by atoms with E-state index in [1.54, 1.807) is 6.33 Å². The highest BCUT2D eigenvalue weighted by atomic mass is 16.5. The summed E-state index contributed by atoms with van der Waals surface area (Å²) >= 11 is 0. The first-order valence-corrected chi connectivity index (χ1v) is 8.63. The van der Waals surface area contributed by atoms with Gasteiger partial charge in [0, 0.05) is 23.8 Å². The Hall–Kier alpha value is -2.45. The maximum atomic E-state index is 5.80. The van der Waals surface area contributed by atoms with Crippen molar-refractivity contribution in [3.8, 4) is 5.75 Å². The molecule has 1 aliphatic rings. The average Bonchev–Trinajstić information content (AvgIpc) is 2.68. The van der Waals surface area contributed by atoms with Crippen molar-refractivity contribution >= 4 is 16.7 Å². The van der Waals surface area contributed by atoms with Gasteiger partial charge in [-0.1, -0.05) is 0 Å². The molecule has 1 fully saturated rings. The first-order chi connectivity index (χ1) is 12.3. The fourth-order valence-electron chi connectivity index (χ4n) is 3.17. The van der Waals surface area contributed by atoms with Crippen LogP contribution in [0.15, 0.2) is 29.6 Å². The smallest absolute Gasteiger partial charge is 0.136 e. The highest BCUT2D eigenvalue weighted by Crippen LogP contribution is 2.30. The summed E-state index contributed by atoms with van der Waals surface area (Å²) in [6.07, 6.45) is 5.29. The van der Waals surface area contributed by atoms with Gasteiger partial charge in [-0.15, -0.1) is 0 Å². The molecule has 1 aliphatic heterocycles. The Morgan fingerprint density at radius 2 is 2.16 bits per heavy atom. The standard InChI is InChI=1S/C17H25N7O/c18-23-16(24-19)2-1-9-25-13-3-4-14-15(10-13)21-11-22-17(14)12-5-7-20-8-6-12/h3-4,10-12,20H,1-2,5-9,18-19H2,(H,23,24). The number of nitrogens with two attached hydrogens (primary N) is 2. The number of hydrogen-bond acceptors (Lipinski definition) is 7. The molecule has 0 amide bonds. The number of hydrazine groups is 1. The van der Waals surface area contributed by atoms with Crippen LogP contribution in [0.2, 0.25) is 0 Å². The van der Waals surface area contributed by atoms with Gasteiger partial charge in [0.15, 0.2) is 0 Å². The molecule has 0 radical (unpaired) electrons. The van der Waals surface area contributed by atoms with Crippen molar-refractivity contribution < 1.29 is 4.74 Å². The van der Waals surface area contributed by atoms with Gasteiger partial charge in [0.25, 0.3) is 0 Å². The third-order valence-corrected chi connectivity index (χ3v) is 4.51. The molecular formula is C17H25N7O. The minimum atomic E-state index is 0.497. The molecule has 8 heteroatoms. The Morgan fingerprint density at radius 1 is 1.32 bits per heavy atom. The van der Waals surface area contributed by atoms with Crippen molar-refractivity contribution in [1.82, 2.24) is 20.7 Å². The molecule has 3 rings (SSSR count). The van der Waals surface area contributed by atoms with Gasteiger partial charge in [0.1, 0.15) is 17.9 Å². The summed E-state index contributed by atoms with van der Waals surface area (Å²) in [5, 5.41) is 8.06. The predicted octanol–water partition coefficient (Wildman–Crippen LogP) is 0.991. The van der Waals surface area contributed by atoms with Crippen molar-refractivity contribution in [2.75, 3.05) is 19.7 Å². The van der Waals surface area contributed by atoms with E-state index in [1.807, 2.05) is 12.1 Å². The lowest BCUT2D eigenvalue weighted by Crippen LogP contribution is -2.31. The zero-order valence-electron chi connectivity index (χ0n) is 14.2. The van der Waals surface area contributed by atoms with Crippen molar-refractivity contribution in [2.45, 2.75) is 31.6 Å². The van der Waals surface area contributed by atoms with E-state index in [0.717, 1.165) is 54.7 Å². The van der Waals surface area contributed by atoms with Gasteiger partial charge in [0.2, 0.25) is 0 Å². The maximum absolute atomic E-state index is 5.80. The summed E-state index contributed by atoms with van der Waals surface area (Å²) in [6, 6.07) is 6.02. The van der Waals surface area contributed by atoms with Gasteiger partial charge in [-0.2, -0.15) is 5.10 Å². The molecule has 0 saturated carbocycles. The quantitative estimate of drug-likeness (QED) is 0.203. The van der Waals surface area contributed by atoms with Crippen LogP contribution >= 0.6 is 0 Å². The van der Waals surface area contributed by atoms with Crippen LogP contribution in [0.4, 0.5) is 0 Å². The van der Waals surface area contributed by atoms with Crippen molar-refractivity contribution in [2.24, 2.45) is 16.8 Å². The molecule has 1 aromatic heterocycles. The summed E-state index contributed by atoms with van der Waals surface area (Å²) in [4.78, 5) is 8.96. The Kier molecular flexibility index (Phi) is 5.97. The number of fused-ring (bicyclic) bond motifs is 1. The number of piperidine rings is 1. The number of rotatable bonds is 6. The summed E-state index contributed by atoms with van der Waals surface area (Å²) in [7, 11) is 0. The zero-order chi connectivity index (χ0) is 17.5. The molecule has 0 aliphatic carbocycles. The van der Waals surface area contributed by atoms with E-state index < -0.39 is 0 Å². The van der Waals surface area contributed by atoms with Crippen molar-refractivity contribution in [1.29, 1.82) is 0 Å². The van der Waals surface area contributed by atoms with Gasteiger partial charge in [-0.25, -0.2) is 15.8 Å². The molecule has 134 valence electrons. The molecule has 1 saturated heterocycles. The van der Waals surface area contributed by atoms with E-state index >= 15 is 0 Å². The third-order valence-electron chi connectivity index (χ3n) is 4.51. The van der Waals surface area contributed by atoms with Gasteiger partial charge in [-0.3, -0.25) is 0 Å². The highest BCUT2D eigenvalue weighted by Gasteiger charge is 2.19. The van der Waals surface area contributed by atoms with E-state index in [2.05, 4.69) is 31.9 Å². The van der Waals surface area contributed by atoms with E-state index in [0.29, 0.717) is 24.8 Å². The first kappa shape index (κ1) is 17.4. The monoisotopic (exact) mass is 343 g/mol. The summed E-state index contributed by atoms with van der Waals surface area (Å²) < 4.78 is 5.80.